The molecule has 0 saturated heterocycles. The van der Waals surface area contributed by atoms with Crippen LogP contribution in [0.15, 0.2) is 57.7 Å². The molecule has 0 aliphatic heterocycles. The fraction of sp³-hybridized carbons (Fsp3) is 0. The van der Waals surface area contributed by atoms with Gasteiger partial charge in [0, 0.05) is 12.1 Å². The first kappa shape index (κ1) is 11.2. The van der Waals surface area contributed by atoms with Crippen LogP contribution in [0.5, 0.6) is 0 Å². The summed E-state index contributed by atoms with van der Waals surface area (Å²) in [5.74, 6) is -0.518. The number of para-hydroxylation sites is 2. The lowest BCUT2D eigenvalue weighted by atomic mass is 10.2. The molecule has 0 fully saturated rings. The van der Waals surface area contributed by atoms with Gasteiger partial charge in [-0.3, -0.25) is 10.1 Å². The maximum Gasteiger partial charge on any atom is 0.424 e. The molecule has 0 bridgehead atoms. The zero-order valence-electron chi connectivity index (χ0n) is 9.65. The van der Waals surface area contributed by atoms with E-state index in [9.17, 15) is 14.9 Å². The van der Waals surface area contributed by atoms with Crippen molar-refractivity contribution >= 4 is 16.8 Å². The smallest absolute Gasteiger partial charge is 0.407 e. The van der Waals surface area contributed by atoms with Gasteiger partial charge >= 0.3 is 5.76 Å². The standard InChI is InChI=1S/C13H8N2O4/c16-13-14(11-3-1-2-4-12(11)19-13)9-5-7-10(8-6-9)15(17)18/h1-8H. The Bertz CT molecular complexity index is 815. The highest BCUT2D eigenvalue weighted by Crippen LogP contribution is 2.19. The molecule has 0 amide bonds. The Balaban J connectivity index is 2.21. The van der Waals surface area contributed by atoms with Crippen LogP contribution >= 0.6 is 0 Å². The predicted molar refractivity (Wildman–Crippen MR) is 68.5 cm³/mol. The van der Waals surface area contributed by atoms with Crippen molar-refractivity contribution in [3.8, 4) is 5.69 Å². The lowest BCUT2D eigenvalue weighted by Crippen LogP contribution is -2.11. The fourth-order valence-electron chi connectivity index (χ4n) is 1.93. The van der Waals surface area contributed by atoms with Crippen LogP contribution < -0.4 is 5.76 Å². The molecule has 6 heteroatoms. The molecule has 0 unspecified atom stereocenters. The minimum absolute atomic E-state index is 0.0235. The molecule has 0 N–H and O–H groups in total. The summed E-state index contributed by atoms with van der Waals surface area (Å²) in [6.45, 7) is 0. The number of rotatable bonds is 2. The van der Waals surface area contributed by atoms with Gasteiger partial charge in [-0.15, -0.1) is 0 Å². The number of nitro groups is 1. The Hall–Kier alpha value is -2.89. The van der Waals surface area contributed by atoms with Crippen molar-refractivity contribution in [3.05, 3.63) is 69.2 Å². The summed E-state index contributed by atoms with van der Waals surface area (Å²) in [6.07, 6.45) is 0. The van der Waals surface area contributed by atoms with Crippen molar-refractivity contribution < 1.29 is 9.34 Å². The Morgan fingerprint density at radius 1 is 1.05 bits per heavy atom. The van der Waals surface area contributed by atoms with Gasteiger partial charge in [0.15, 0.2) is 5.58 Å². The number of non-ortho nitro benzene ring substituents is 1. The number of fused-ring (bicyclic) bond motifs is 1. The second-order valence-corrected chi connectivity index (χ2v) is 3.94. The van der Waals surface area contributed by atoms with E-state index < -0.39 is 10.7 Å². The highest BCUT2D eigenvalue weighted by Gasteiger charge is 2.11. The SMILES string of the molecule is O=c1oc2ccccc2n1-c1ccc([N+](=O)[O-])cc1. The quantitative estimate of drug-likeness (QED) is 0.521. The molecule has 19 heavy (non-hydrogen) atoms. The zero-order valence-corrected chi connectivity index (χ0v) is 9.65. The molecule has 0 aliphatic rings. The van der Waals surface area contributed by atoms with Crippen LogP contribution in [0.2, 0.25) is 0 Å². The van der Waals surface area contributed by atoms with Crippen LogP contribution in [0, 0.1) is 10.1 Å². The summed E-state index contributed by atoms with van der Waals surface area (Å²) in [4.78, 5) is 21.9. The van der Waals surface area contributed by atoms with E-state index in [-0.39, 0.29) is 5.69 Å². The Labute approximate surface area is 106 Å². The summed E-state index contributed by atoms with van der Waals surface area (Å²) >= 11 is 0. The molecule has 3 aromatic rings. The van der Waals surface area contributed by atoms with E-state index >= 15 is 0 Å². The van der Waals surface area contributed by atoms with Crippen LogP contribution in [0.4, 0.5) is 5.69 Å². The number of benzene rings is 2. The average molecular weight is 256 g/mol. The molecule has 6 nitrogen and oxygen atoms in total. The summed E-state index contributed by atoms with van der Waals surface area (Å²) < 4.78 is 6.48. The van der Waals surface area contributed by atoms with Crippen molar-refractivity contribution in [1.29, 1.82) is 0 Å². The molecule has 2 aromatic carbocycles. The zero-order chi connectivity index (χ0) is 13.4. The Morgan fingerprint density at radius 2 is 1.74 bits per heavy atom. The number of hydrogen-bond donors (Lipinski definition) is 0. The third-order valence-corrected chi connectivity index (χ3v) is 2.80. The molecule has 0 radical (unpaired) electrons. The molecular formula is C13H8N2O4. The Kier molecular flexibility index (Phi) is 2.42. The topological polar surface area (TPSA) is 78.3 Å². The van der Waals surface area contributed by atoms with Crippen molar-refractivity contribution in [2.75, 3.05) is 0 Å². The summed E-state index contributed by atoms with van der Waals surface area (Å²) in [7, 11) is 0. The minimum Gasteiger partial charge on any atom is -0.407 e. The van der Waals surface area contributed by atoms with Crippen LogP contribution in [-0.4, -0.2) is 9.49 Å². The molecule has 0 saturated carbocycles. The first-order chi connectivity index (χ1) is 9.16. The maximum absolute atomic E-state index is 11.8. The maximum atomic E-state index is 11.8. The summed E-state index contributed by atoms with van der Waals surface area (Å²) in [5, 5.41) is 10.6. The van der Waals surface area contributed by atoms with E-state index in [4.69, 9.17) is 4.42 Å². The van der Waals surface area contributed by atoms with Gasteiger partial charge in [0.25, 0.3) is 5.69 Å². The first-order valence-corrected chi connectivity index (χ1v) is 5.52. The van der Waals surface area contributed by atoms with Crippen molar-refractivity contribution in [1.82, 2.24) is 4.57 Å². The van der Waals surface area contributed by atoms with Crippen molar-refractivity contribution in [2.24, 2.45) is 0 Å². The van der Waals surface area contributed by atoms with Crippen LogP contribution in [0.25, 0.3) is 16.8 Å². The monoisotopic (exact) mass is 256 g/mol. The molecule has 1 aromatic heterocycles. The van der Waals surface area contributed by atoms with E-state index in [0.29, 0.717) is 16.8 Å². The molecule has 3 rings (SSSR count). The van der Waals surface area contributed by atoms with Crippen LogP contribution in [0.3, 0.4) is 0 Å². The second kappa shape index (κ2) is 4.09. The Morgan fingerprint density at radius 3 is 2.42 bits per heavy atom. The van der Waals surface area contributed by atoms with E-state index in [1.807, 2.05) is 0 Å². The van der Waals surface area contributed by atoms with Gasteiger partial charge in [-0.1, -0.05) is 12.1 Å². The molecule has 94 valence electrons. The van der Waals surface area contributed by atoms with Gasteiger partial charge in [-0.25, -0.2) is 9.36 Å². The normalized spacial score (nSPS) is 10.7. The van der Waals surface area contributed by atoms with E-state index in [0.717, 1.165) is 0 Å². The highest BCUT2D eigenvalue weighted by atomic mass is 16.6. The second-order valence-electron chi connectivity index (χ2n) is 3.94. The molecular weight excluding hydrogens is 248 g/mol. The molecule has 0 spiro atoms. The lowest BCUT2D eigenvalue weighted by Gasteiger charge is -2.01. The van der Waals surface area contributed by atoms with Gasteiger partial charge < -0.3 is 4.42 Å². The fourth-order valence-corrected chi connectivity index (χ4v) is 1.93. The third-order valence-electron chi connectivity index (χ3n) is 2.80. The van der Waals surface area contributed by atoms with Gasteiger partial charge in [0.05, 0.1) is 16.1 Å². The minimum atomic E-state index is -0.518. The summed E-state index contributed by atoms with van der Waals surface area (Å²) in [6, 6.07) is 12.7. The van der Waals surface area contributed by atoms with Gasteiger partial charge in [-0.05, 0) is 24.3 Å². The van der Waals surface area contributed by atoms with E-state index in [1.54, 1.807) is 24.3 Å². The van der Waals surface area contributed by atoms with Crippen LogP contribution in [-0.2, 0) is 0 Å². The number of hydrogen-bond acceptors (Lipinski definition) is 4. The van der Waals surface area contributed by atoms with Gasteiger partial charge in [-0.2, -0.15) is 0 Å². The van der Waals surface area contributed by atoms with E-state index in [1.165, 1.54) is 28.8 Å². The summed E-state index contributed by atoms with van der Waals surface area (Å²) in [5.41, 5.74) is 1.61. The number of oxazole rings is 1. The lowest BCUT2D eigenvalue weighted by molar-refractivity contribution is -0.384. The molecule has 0 atom stereocenters. The third kappa shape index (κ3) is 1.79. The predicted octanol–water partition coefficient (Wildman–Crippen LogP) is 2.49. The van der Waals surface area contributed by atoms with Crippen molar-refractivity contribution in [3.63, 3.8) is 0 Å². The van der Waals surface area contributed by atoms with E-state index in [2.05, 4.69) is 0 Å². The van der Waals surface area contributed by atoms with Crippen molar-refractivity contribution in [2.45, 2.75) is 0 Å². The first-order valence-electron chi connectivity index (χ1n) is 5.52. The van der Waals surface area contributed by atoms with Crippen LogP contribution in [0.1, 0.15) is 0 Å². The van der Waals surface area contributed by atoms with Gasteiger partial charge in [0.2, 0.25) is 0 Å². The van der Waals surface area contributed by atoms with Gasteiger partial charge in [0.1, 0.15) is 0 Å². The number of nitro benzene ring substituents is 1. The molecule has 0 aliphatic carbocycles. The largest absolute Gasteiger partial charge is 0.424 e. The highest BCUT2D eigenvalue weighted by molar-refractivity contribution is 5.74. The number of nitrogens with zero attached hydrogens (tertiary/aromatic N) is 2. The average Bonchev–Trinajstić information content (AvgIpc) is 2.74. The number of aromatic nitrogens is 1. The molecule has 1 heterocycles.